The average Bonchev–Trinajstić information content (AvgIpc) is 3.39. The molecule has 0 bridgehead atoms. The van der Waals surface area contributed by atoms with Crippen LogP contribution in [0.4, 0.5) is 5.69 Å². The largest absolute Gasteiger partial charge is 0.497 e. The summed E-state index contributed by atoms with van der Waals surface area (Å²) >= 11 is 13.6. The van der Waals surface area contributed by atoms with Crippen LogP contribution in [0.2, 0.25) is 10.0 Å². The molecule has 1 heterocycles. The molecular formula is C27H25Cl2N5O5S. The second kappa shape index (κ2) is 13.4. The molecule has 2 amide bonds. The summed E-state index contributed by atoms with van der Waals surface area (Å²) in [4.78, 5) is 25.6. The van der Waals surface area contributed by atoms with Crippen molar-refractivity contribution in [2.24, 2.45) is 0 Å². The van der Waals surface area contributed by atoms with E-state index in [1.807, 2.05) is 0 Å². The number of anilines is 1. The number of amides is 2. The zero-order valence-electron chi connectivity index (χ0n) is 21.7. The highest BCUT2D eigenvalue weighted by Gasteiger charge is 2.18. The van der Waals surface area contributed by atoms with Crippen molar-refractivity contribution in [3.63, 3.8) is 0 Å². The van der Waals surface area contributed by atoms with Gasteiger partial charge in [0.15, 0.2) is 11.0 Å². The molecule has 3 aromatic carbocycles. The molecule has 10 nitrogen and oxygen atoms in total. The number of methoxy groups -OCH3 is 3. The standard InChI is InChI=1S/C27H25Cl2N5O5S/c1-37-19-7-4-17(5-8-19)31-25(35)15-40-27-33-32-24(34(27)18-6-9-22(28)23(29)12-18)14-30-26(36)16-10-20(38-2)13-21(11-16)39-3/h4-13H,14-15H2,1-3H3,(H,30,36)(H,31,35). The van der Waals surface area contributed by atoms with Gasteiger partial charge in [-0.2, -0.15) is 0 Å². The van der Waals surface area contributed by atoms with Gasteiger partial charge in [-0.15, -0.1) is 10.2 Å². The summed E-state index contributed by atoms with van der Waals surface area (Å²) in [5, 5.41) is 15.3. The number of carbonyl (C=O) groups excluding carboxylic acids is 2. The first-order valence-corrected chi connectivity index (χ1v) is 13.5. The van der Waals surface area contributed by atoms with Gasteiger partial charge in [0, 0.05) is 17.3 Å². The molecule has 0 aliphatic heterocycles. The van der Waals surface area contributed by atoms with Crippen LogP contribution in [-0.4, -0.2) is 53.7 Å². The number of benzene rings is 3. The lowest BCUT2D eigenvalue weighted by molar-refractivity contribution is -0.113. The van der Waals surface area contributed by atoms with E-state index in [0.717, 1.165) is 0 Å². The molecule has 2 N–H and O–H groups in total. The lowest BCUT2D eigenvalue weighted by Crippen LogP contribution is -2.24. The van der Waals surface area contributed by atoms with Crippen molar-refractivity contribution in [3.8, 4) is 22.9 Å². The van der Waals surface area contributed by atoms with Crippen LogP contribution in [0.3, 0.4) is 0 Å². The molecule has 0 atom stereocenters. The molecule has 4 rings (SSSR count). The number of halogens is 2. The SMILES string of the molecule is COc1ccc(NC(=O)CSc2nnc(CNC(=O)c3cc(OC)cc(OC)c3)n2-c2ccc(Cl)c(Cl)c2)cc1. The summed E-state index contributed by atoms with van der Waals surface area (Å²) in [6, 6.07) is 16.9. The summed E-state index contributed by atoms with van der Waals surface area (Å²) in [6.07, 6.45) is 0. The molecule has 0 aliphatic rings. The van der Waals surface area contributed by atoms with Crippen molar-refractivity contribution in [2.75, 3.05) is 32.4 Å². The molecular weight excluding hydrogens is 577 g/mol. The normalized spacial score (nSPS) is 10.6. The van der Waals surface area contributed by atoms with E-state index in [2.05, 4.69) is 20.8 Å². The summed E-state index contributed by atoms with van der Waals surface area (Å²) < 4.78 is 17.4. The van der Waals surface area contributed by atoms with Crippen LogP contribution in [0.5, 0.6) is 17.2 Å². The Morgan fingerprint density at radius 2 is 1.52 bits per heavy atom. The quantitative estimate of drug-likeness (QED) is 0.224. The van der Waals surface area contributed by atoms with Gasteiger partial charge >= 0.3 is 0 Å². The zero-order valence-corrected chi connectivity index (χ0v) is 24.1. The van der Waals surface area contributed by atoms with Crippen LogP contribution in [-0.2, 0) is 11.3 Å². The monoisotopic (exact) mass is 601 g/mol. The third-order valence-electron chi connectivity index (χ3n) is 5.59. The first-order valence-electron chi connectivity index (χ1n) is 11.8. The highest BCUT2D eigenvalue weighted by Crippen LogP contribution is 2.29. The van der Waals surface area contributed by atoms with Crippen LogP contribution in [0.15, 0.2) is 65.8 Å². The van der Waals surface area contributed by atoms with E-state index in [1.165, 1.54) is 26.0 Å². The van der Waals surface area contributed by atoms with Gasteiger partial charge in [0.2, 0.25) is 5.91 Å². The number of nitrogens with zero attached hydrogens (tertiary/aromatic N) is 3. The number of hydrogen-bond acceptors (Lipinski definition) is 8. The minimum Gasteiger partial charge on any atom is -0.497 e. The Balaban J connectivity index is 1.53. The summed E-state index contributed by atoms with van der Waals surface area (Å²) in [5.41, 5.74) is 1.60. The number of hydrogen-bond donors (Lipinski definition) is 2. The fourth-order valence-corrected chi connectivity index (χ4v) is 4.66. The first kappa shape index (κ1) is 29.1. The molecule has 0 saturated carbocycles. The van der Waals surface area contributed by atoms with Crippen molar-refractivity contribution in [2.45, 2.75) is 11.7 Å². The Morgan fingerprint density at radius 3 is 2.15 bits per heavy atom. The molecule has 0 saturated heterocycles. The van der Waals surface area contributed by atoms with E-state index >= 15 is 0 Å². The zero-order chi connectivity index (χ0) is 28.6. The molecule has 208 valence electrons. The van der Waals surface area contributed by atoms with Crippen LogP contribution in [0.25, 0.3) is 5.69 Å². The van der Waals surface area contributed by atoms with Gasteiger partial charge in [-0.05, 0) is 54.6 Å². The third kappa shape index (κ3) is 7.17. The number of nitrogens with one attached hydrogen (secondary N) is 2. The van der Waals surface area contributed by atoms with Crippen LogP contribution in [0, 0.1) is 0 Å². The number of thioether (sulfide) groups is 1. The topological polar surface area (TPSA) is 117 Å². The highest BCUT2D eigenvalue weighted by molar-refractivity contribution is 7.99. The molecule has 13 heteroatoms. The van der Waals surface area contributed by atoms with E-state index in [0.29, 0.717) is 55.2 Å². The Morgan fingerprint density at radius 1 is 0.850 bits per heavy atom. The van der Waals surface area contributed by atoms with Gasteiger partial charge in [0.05, 0.1) is 49.4 Å². The number of rotatable bonds is 11. The maximum atomic E-state index is 13.0. The van der Waals surface area contributed by atoms with Crippen molar-refractivity contribution in [1.29, 1.82) is 0 Å². The first-order chi connectivity index (χ1) is 19.3. The predicted octanol–water partition coefficient (Wildman–Crippen LogP) is 5.26. The Labute approximate surface area is 244 Å². The summed E-state index contributed by atoms with van der Waals surface area (Å²) in [6.45, 7) is 0.0320. The Bertz CT molecular complexity index is 1490. The van der Waals surface area contributed by atoms with E-state index in [-0.39, 0.29) is 24.1 Å². The smallest absolute Gasteiger partial charge is 0.251 e. The minimum absolute atomic E-state index is 0.0320. The molecule has 4 aromatic rings. The lowest BCUT2D eigenvalue weighted by Gasteiger charge is -2.13. The van der Waals surface area contributed by atoms with Gasteiger partial charge in [-0.1, -0.05) is 35.0 Å². The number of carbonyl (C=O) groups is 2. The van der Waals surface area contributed by atoms with Crippen LogP contribution in [0.1, 0.15) is 16.2 Å². The number of aromatic nitrogens is 3. The van der Waals surface area contributed by atoms with Gasteiger partial charge in [-0.3, -0.25) is 14.2 Å². The molecule has 40 heavy (non-hydrogen) atoms. The van der Waals surface area contributed by atoms with E-state index in [9.17, 15) is 9.59 Å². The van der Waals surface area contributed by atoms with E-state index in [1.54, 1.807) is 72.3 Å². The second-order valence-electron chi connectivity index (χ2n) is 8.18. The lowest BCUT2D eigenvalue weighted by atomic mass is 10.2. The minimum atomic E-state index is -0.367. The van der Waals surface area contributed by atoms with Crippen LogP contribution < -0.4 is 24.8 Å². The Hall–Kier alpha value is -3.93. The Kier molecular flexibility index (Phi) is 9.75. The van der Waals surface area contributed by atoms with Gasteiger partial charge in [0.1, 0.15) is 17.2 Å². The molecule has 0 unspecified atom stereocenters. The fourth-order valence-electron chi connectivity index (χ4n) is 3.59. The van der Waals surface area contributed by atoms with E-state index in [4.69, 9.17) is 37.4 Å². The second-order valence-corrected chi connectivity index (χ2v) is 9.94. The maximum Gasteiger partial charge on any atom is 0.251 e. The number of ether oxygens (including phenoxy) is 3. The van der Waals surface area contributed by atoms with E-state index < -0.39 is 0 Å². The molecule has 0 fully saturated rings. The average molecular weight is 603 g/mol. The van der Waals surface area contributed by atoms with Gasteiger partial charge in [-0.25, -0.2) is 0 Å². The molecule has 0 radical (unpaired) electrons. The molecule has 1 aromatic heterocycles. The highest BCUT2D eigenvalue weighted by atomic mass is 35.5. The van der Waals surface area contributed by atoms with Crippen molar-refractivity contribution >= 4 is 52.5 Å². The fraction of sp³-hybridized carbons (Fsp3) is 0.185. The predicted molar refractivity (Wildman–Crippen MR) is 154 cm³/mol. The maximum absolute atomic E-state index is 13.0. The van der Waals surface area contributed by atoms with Crippen LogP contribution >= 0.6 is 35.0 Å². The van der Waals surface area contributed by atoms with Crippen molar-refractivity contribution in [3.05, 3.63) is 82.1 Å². The van der Waals surface area contributed by atoms with Gasteiger partial charge in [0.25, 0.3) is 5.91 Å². The molecule has 0 aliphatic carbocycles. The molecule has 0 spiro atoms. The van der Waals surface area contributed by atoms with Gasteiger partial charge < -0.3 is 24.8 Å². The summed E-state index contributed by atoms with van der Waals surface area (Å²) in [7, 11) is 4.59. The van der Waals surface area contributed by atoms with Crippen molar-refractivity contribution < 1.29 is 23.8 Å². The van der Waals surface area contributed by atoms with Crippen molar-refractivity contribution in [1.82, 2.24) is 20.1 Å². The summed E-state index contributed by atoms with van der Waals surface area (Å²) in [5.74, 6) is 1.52. The third-order valence-corrected chi connectivity index (χ3v) is 7.26.